The molecule has 1 aromatic carbocycles. The first kappa shape index (κ1) is 14.8. The molecule has 0 saturated carbocycles. The van der Waals surface area contributed by atoms with Gasteiger partial charge in [-0.2, -0.15) is 5.10 Å². The van der Waals surface area contributed by atoms with E-state index in [0.717, 1.165) is 25.5 Å². The van der Waals surface area contributed by atoms with Crippen LogP contribution in [0.4, 0.5) is 8.78 Å². The molecule has 0 bridgehead atoms. The van der Waals surface area contributed by atoms with Gasteiger partial charge < -0.3 is 10.1 Å². The SMILES string of the molecule is Fc1ccc(/C=N\NC(=S)NC[C@@H]2CCCO2)c(F)c1. The summed E-state index contributed by atoms with van der Waals surface area (Å²) in [6, 6.07) is 3.27. The average molecular weight is 299 g/mol. The number of rotatable bonds is 4. The van der Waals surface area contributed by atoms with Crippen molar-refractivity contribution < 1.29 is 13.5 Å². The van der Waals surface area contributed by atoms with Gasteiger partial charge in [-0.1, -0.05) is 0 Å². The highest BCUT2D eigenvalue weighted by atomic mass is 32.1. The van der Waals surface area contributed by atoms with E-state index in [0.29, 0.717) is 11.7 Å². The number of benzene rings is 1. The van der Waals surface area contributed by atoms with Crippen LogP contribution in [0.5, 0.6) is 0 Å². The minimum Gasteiger partial charge on any atom is -0.376 e. The number of ether oxygens (including phenoxy) is 1. The van der Waals surface area contributed by atoms with E-state index in [1.165, 1.54) is 18.3 Å². The first-order valence-corrected chi connectivity index (χ1v) is 6.69. The second-order valence-electron chi connectivity index (χ2n) is 4.38. The highest BCUT2D eigenvalue weighted by Gasteiger charge is 2.14. The Morgan fingerprint density at radius 3 is 3.05 bits per heavy atom. The van der Waals surface area contributed by atoms with E-state index in [4.69, 9.17) is 17.0 Å². The van der Waals surface area contributed by atoms with E-state index in [-0.39, 0.29) is 11.7 Å². The number of halogens is 2. The van der Waals surface area contributed by atoms with Gasteiger partial charge in [0.15, 0.2) is 5.11 Å². The van der Waals surface area contributed by atoms with Crippen LogP contribution in [0.2, 0.25) is 0 Å². The van der Waals surface area contributed by atoms with Crippen molar-refractivity contribution in [3.8, 4) is 0 Å². The fourth-order valence-corrected chi connectivity index (χ4v) is 1.95. The molecule has 2 rings (SSSR count). The van der Waals surface area contributed by atoms with Gasteiger partial charge in [-0.05, 0) is 37.2 Å². The van der Waals surface area contributed by atoms with Gasteiger partial charge in [0.2, 0.25) is 0 Å². The quantitative estimate of drug-likeness (QED) is 0.507. The smallest absolute Gasteiger partial charge is 0.187 e. The van der Waals surface area contributed by atoms with Gasteiger partial charge in [-0.25, -0.2) is 8.78 Å². The van der Waals surface area contributed by atoms with Crippen molar-refractivity contribution in [1.82, 2.24) is 10.7 Å². The maximum Gasteiger partial charge on any atom is 0.187 e. The molecule has 1 atom stereocenters. The molecule has 1 aliphatic heterocycles. The summed E-state index contributed by atoms with van der Waals surface area (Å²) < 4.78 is 31.4. The highest BCUT2D eigenvalue weighted by Crippen LogP contribution is 2.10. The minimum atomic E-state index is -0.672. The molecule has 7 heteroatoms. The largest absolute Gasteiger partial charge is 0.376 e. The van der Waals surface area contributed by atoms with Crippen LogP contribution in [0.1, 0.15) is 18.4 Å². The molecular weight excluding hydrogens is 284 g/mol. The molecule has 1 heterocycles. The molecule has 1 aliphatic rings. The number of thiocarbonyl (C=S) groups is 1. The van der Waals surface area contributed by atoms with Crippen LogP contribution in [0.15, 0.2) is 23.3 Å². The number of hydrogen-bond acceptors (Lipinski definition) is 3. The van der Waals surface area contributed by atoms with Gasteiger partial charge in [0.1, 0.15) is 11.6 Å². The van der Waals surface area contributed by atoms with Gasteiger partial charge in [-0.3, -0.25) is 5.43 Å². The molecule has 108 valence electrons. The van der Waals surface area contributed by atoms with Crippen LogP contribution >= 0.6 is 12.2 Å². The van der Waals surface area contributed by atoms with Crippen LogP contribution in [0.25, 0.3) is 0 Å². The molecule has 1 fully saturated rings. The summed E-state index contributed by atoms with van der Waals surface area (Å²) in [6.45, 7) is 1.40. The number of nitrogens with one attached hydrogen (secondary N) is 2. The molecule has 2 N–H and O–H groups in total. The Labute approximate surface area is 121 Å². The third-order valence-electron chi connectivity index (χ3n) is 2.85. The summed E-state index contributed by atoms with van der Waals surface area (Å²) in [5.41, 5.74) is 2.75. The van der Waals surface area contributed by atoms with E-state index < -0.39 is 11.6 Å². The first-order valence-electron chi connectivity index (χ1n) is 6.29. The summed E-state index contributed by atoms with van der Waals surface area (Å²) in [6.07, 6.45) is 3.50. The lowest BCUT2D eigenvalue weighted by molar-refractivity contribution is 0.114. The lowest BCUT2D eigenvalue weighted by atomic mass is 10.2. The molecular formula is C13H15F2N3OS. The molecule has 20 heavy (non-hydrogen) atoms. The molecule has 0 aliphatic carbocycles. The molecule has 0 radical (unpaired) electrons. The van der Waals surface area contributed by atoms with Gasteiger partial charge in [-0.15, -0.1) is 0 Å². The van der Waals surface area contributed by atoms with Gasteiger partial charge >= 0.3 is 0 Å². The fraction of sp³-hybridized carbons (Fsp3) is 0.385. The zero-order valence-electron chi connectivity index (χ0n) is 10.7. The second kappa shape index (κ2) is 7.25. The van der Waals surface area contributed by atoms with E-state index in [1.807, 2.05) is 0 Å². The van der Waals surface area contributed by atoms with Crippen LogP contribution < -0.4 is 10.7 Å². The van der Waals surface area contributed by atoms with E-state index in [1.54, 1.807) is 0 Å². The van der Waals surface area contributed by atoms with Crippen molar-refractivity contribution >= 4 is 23.5 Å². The molecule has 1 saturated heterocycles. The first-order chi connectivity index (χ1) is 9.65. The van der Waals surface area contributed by atoms with Crippen molar-refractivity contribution in [2.45, 2.75) is 18.9 Å². The molecule has 4 nitrogen and oxygen atoms in total. The van der Waals surface area contributed by atoms with Crippen molar-refractivity contribution in [2.75, 3.05) is 13.2 Å². The van der Waals surface area contributed by atoms with Crippen LogP contribution in [0, 0.1) is 11.6 Å². The Morgan fingerprint density at radius 2 is 2.35 bits per heavy atom. The Morgan fingerprint density at radius 1 is 1.50 bits per heavy atom. The normalized spacial score (nSPS) is 18.4. The summed E-state index contributed by atoms with van der Waals surface area (Å²) in [5, 5.41) is 7.09. The summed E-state index contributed by atoms with van der Waals surface area (Å²) >= 11 is 5.01. The Kier molecular flexibility index (Phi) is 5.37. The molecule has 0 unspecified atom stereocenters. The zero-order valence-corrected chi connectivity index (χ0v) is 11.6. The van der Waals surface area contributed by atoms with Crippen molar-refractivity contribution in [3.05, 3.63) is 35.4 Å². The van der Waals surface area contributed by atoms with Crippen molar-refractivity contribution in [3.63, 3.8) is 0 Å². The van der Waals surface area contributed by atoms with Crippen LogP contribution in [0.3, 0.4) is 0 Å². The molecule has 0 amide bonds. The summed E-state index contributed by atoms with van der Waals surface area (Å²) in [4.78, 5) is 0. The lowest BCUT2D eigenvalue weighted by Gasteiger charge is -2.11. The maximum atomic E-state index is 13.3. The van der Waals surface area contributed by atoms with E-state index in [9.17, 15) is 8.78 Å². The van der Waals surface area contributed by atoms with E-state index in [2.05, 4.69) is 15.8 Å². The number of hydrazone groups is 1. The molecule has 0 spiro atoms. The zero-order chi connectivity index (χ0) is 14.4. The van der Waals surface area contributed by atoms with Gasteiger partial charge in [0, 0.05) is 24.8 Å². The highest BCUT2D eigenvalue weighted by molar-refractivity contribution is 7.80. The molecule has 0 aromatic heterocycles. The van der Waals surface area contributed by atoms with Crippen LogP contribution in [-0.4, -0.2) is 30.6 Å². The topological polar surface area (TPSA) is 45.7 Å². The summed E-state index contributed by atoms with van der Waals surface area (Å²) in [5.74, 6) is -1.30. The predicted molar refractivity (Wildman–Crippen MR) is 76.7 cm³/mol. The maximum absolute atomic E-state index is 13.3. The monoisotopic (exact) mass is 299 g/mol. The van der Waals surface area contributed by atoms with Crippen molar-refractivity contribution in [1.29, 1.82) is 0 Å². The number of hydrogen-bond donors (Lipinski definition) is 2. The number of nitrogens with zero attached hydrogens (tertiary/aromatic N) is 1. The van der Waals surface area contributed by atoms with Gasteiger partial charge in [0.25, 0.3) is 0 Å². The van der Waals surface area contributed by atoms with Crippen molar-refractivity contribution in [2.24, 2.45) is 5.10 Å². The Hall–Kier alpha value is -1.60. The van der Waals surface area contributed by atoms with E-state index >= 15 is 0 Å². The third kappa shape index (κ3) is 4.50. The molecule has 1 aromatic rings. The predicted octanol–water partition coefficient (Wildman–Crippen LogP) is 1.94. The third-order valence-corrected chi connectivity index (χ3v) is 3.08. The lowest BCUT2D eigenvalue weighted by Crippen LogP contribution is -2.37. The minimum absolute atomic E-state index is 0.174. The van der Waals surface area contributed by atoms with Crippen LogP contribution in [-0.2, 0) is 4.74 Å². The Balaban J connectivity index is 1.75. The fourth-order valence-electron chi connectivity index (χ4n) is 1.82. The Bertz CT molecular complexity index is 504. The summed E-state index contributed by atoms with van der Waals surface area (Å²) in [7, 11) is 0. The average Bonchev–Trinajstić information content (AvgIpc) is 2.92. The standard InChI is InChI=1S/C13H15F2N3OS/c14-10-4-3-9(12(15)6-10)7-17-18-13(20)16-8-11-2-1-5-19-11/h3-4,6-7,11H,1-2,5,8H2,(H2,16,18,20)/b17-7-/t11-/m0/s1. The van der Waals surface area contributed by atoms with Gasteiger partial charge in [0.05, 0.1) is 12.3 Å². The second-order valence-corrected chi connectivity index (χ2v) is 4.79.